The third-order valence-corrected chi connectivity index (χ3v) is 6.41. The van der Waals surface area contributed by atoms with E-state index in [-0.39, 0.29) is 29.9 Å². The summed E-state index contributed by atoms with van der Waals surface area (Å²) in [6.07, 6.45) is 0.804. The lowest BCUT2D eigenvalue weighted by Crippen LogP contribution is -2.38. The van der Waals surface area contributed by atoms with Crippen molar-refractivity contribution >= 4 is 21.4 Å². The average molecular weight is 388 g/mol. The molecule has 1 saturated heterocycles. The monoisotopic (exact) mass is 388 g/mol. The number of ether oxygens (including phenoxy) is 1. The molecule has 1 heterocycles. The Morgan fingerprint density at radius 1 is 1.15 bits per heavy atom. The minimum absolute atomic E-state index is 0.0638. The SMILES string of the molecule is CN(C(=O)CCNc1ccccc1Oc1ccccc1)C1CCS(=O)(=O)C1. The van der Waals surface area contributed by atoms with Gasteiger partial charge in [-0.15, -0.1) is 0 Å². The Bertz CT molecular complexity index is 884. The zero-order valence-corrected chi connectivity index (χ0v) is 16.1. The normalized spacial score (nSPS) is 18.0. The molecule has 1 amide bonds. The summed E-state index contributed by atoms with van der Waals surface area (Å²) in [7, 11) is -1.32. The molecule has 0 aromatic heterocycles. The van der Waals surface area contributed by atoms with Crippen LogP contribution in [-0.4, -0.2) is 50.4 Å². The number of carbonyl (C=O) groups is 1. The Kier molecular flexibility index (Phi) is 6.01. The molecule has 27 heavy (non-hydrogen) atoms. The Hall–Kier alpha value is -2.54. The number of para-hydroxylation sites is 3. The number of anilines is 1. The van der Waals surface area contributed by atoms with Crippen molar-refractivity contribution in [1.82, 2.24) is 4.90 Å². The maximum atomic E-state index is 12.4. The molecule has 0 radical (unpaired) electrons. The number of benzene rings is 2. The van der Waals surface area contributed by atoms with Gasteiger partial charge in [-0.1, -0.05) is 30.3 Å². The van der Waals surface area contributed by atoms with Gasteiger partial charge in [-0.05, 0) is 30.7 Å². The number of nitrogens with zero attached hydrogens (tertiary/aromatic N) is 1. The van der Waals surface area contributed by atoms with Gasteiger partial charge in [0.25, 0.3) is 0 Å². The molecule has 0 bridgehead atoms. The molecular weight excluding hydrogens is 364 g/mol. The van der Waals surface area contributed by atoms with Crippen molar-refractivity contribution in [2.75, 3.05) is 30.4 Å². The molecule has 0 spiro atoms. The van der Waals surface area contributed by atoms with E-state index in [4.69, 9.17) is 4.74 Å². The second kappa shape index (κ2) is 8.43. The zero-order chi connectivity index (χ0) is 19.3. The van der Waals surface area contributed by atoms with Crippen molar-refractivity contribution in [2.24, 2.45) is 0 Å². The smallest absolute Gasteiger partial charge is 0.224 e. The van der Waals surface area contributed by atoms with Crippen LogP contribution < -0.4 is 10.1 Å². The van der Waals surface area contributed by atoms with E-state index in [0.717, 1.165) is 11.4 Å². The van der Waals surface area contributed by atoms with Crippen LogP contribution in [0.1, 0.15) is 12.8 Å². The van der Waals surface area contributed by atoms with Crippen LogP contribution in [0.15, 0.2) is 54.6 Å². The zero-order valence-electron chi connectivity index (χ0n) is 15.3. The highest BCUT2D eigenvalue weighted by Gasteiger charge is 2.32. The van der Waals surface area contributed by atoms with Crippen LogP contribution >= 0.6 is 0 Å². The number of sulfone groups is 1. The summed E-state index contributed by atoms with van der Waals surface area (Å²) in [5.41, 5.74) is 0.806. The predicted molar refractivity (Wildman–Crippen MR) is 106 cm³/mol. The maximum absolute atomic E-state index is 12.4. The number of hydrogen-bond donors (Lipinski definition) is 1. The first kappa shape index (κ1) is 19.2. The first-order valence-corrected chi connectivity index (χ1v) is 10.8. The minimum atomic E-state index is -3.00. The van der Waals surface area contributed by atoms with Crippen LogP contribution in [0, 0.1) is 0 Å². The van der Waals surface area contributed by atoms with Gasteiger partial charge in [-0.3, -0.25) is 4.79 Å². The lowest BCUT2D eigenvalue weighted by Gasteiger charge is -2.23. The molecular formula is C20H24N2O4S. The van der Waals surface area contributed by atoms with Crippen molar-refractivity contribution < 1.29 is 17.9 Å². The predicted octanol–water partition coefficient (Wildman–Crippen LogP) is 2.93. The second-order valence-corrected chi connectivity index (χ2v) is 8.88. The van der Waals surface area contributed by atoms with Gasteiger partial charge in [0, 0.05) is 26.1 Å². The molecule has 2 aromatic carbocycles. The summed E-state index contributed by atoms with van der Waals surface area (Å²) in [4.78, 5) is 13.9. The van der Waals surface area contributed by atoms with Gasteiger partial charge < -0.3 is 15.0 Å². The van der Waals surface area contributed by atoms with Gasteiger partial charge in [0.15, 0.2) is 15.6 Å². The standard InChI is InChI=1S/C20H24N2O4S/c1-22(16-12-14-27(24,25)15-16)20(23)11-13-21-18-9-5-6-10-19(18)26-17-7-3-2-4-8-17/h2-10,16,21H,11-15H2,1H3. The summed E-state index contributed by atoms with van der Waals surface area (Å²) in [6, 6.07) is 16.8. The highest BCUT2D eigenvalue weighted by atomic mass is 32.2. The molecule has 1 atom stereocenters. The summed E-state index contributed by atoms with van der Waals surface area (Å²) < 4.78 is 29.1. The second-order valence-electron chi connectivity index (χ2n) is 6.65. The number of carbonyl (C=O) groups excluding carboxylic acids is 1. The van der Waals surface area contributed by atoms with Crippen LogP contribution in [0.3, 0.4) is 0 Å². The quantitative estimate of drug-likeness (QED) is 0.789. The lowest BCUT2D eigenvalue weighted by molar-refractivity contribution is -0.131. The van der Waals surface area contributed by atoms with Gasteiger partial charge in [0.05, 0.1) is 17.2 Å². The van der Waals surface area contributed by atoms with E-state index in [1.165, 1.54) is 0 Å². The molecule has 0 aliphatic carbocycles. The summed E-state index contributed by atoms with van der Waals surface area (Å²) in [5.74, 6) is 1.59. The first-order chi connectivity index (χ1) is 12.9. The molecule has 1 aliphatic heterocycles. The van der Waals surface area contributed by atoms with E-state index >= 15 is 0 Å². The van der Waals surface area contributed by atoms with Crippen molar-refractivity contribution in [2.45, 2.75) is 18.9 Å². The molecule has 6 nitrogen and oxygen atoms in total. The summed E-state index contributed by atoms with van der Waals surface area (Å²) >= 11 is 0. The molecule has 1 N–H and O–H groups in total. The third kappa shape index (κ3) is 5.23. The van der Waals surface area contributed by atoms with Crippen molar-refractivity contribution in [3.8, 4) is 11.5 Å². The van der Waals surface area contributed by atoms with E-state index < -0.39 is 9.84 Å². The Morgan fingerprint density at radius 2 is 1.85 bits per heavy atom. The van der Waals surface area contributed by atoms with E-state index in [2.05, 4.69) is 5.32 Å². The van der Waals surface area contributed by atoms with E-state index in [9.17, 15) is 13.2 Å². The van der Waals surface area contributed by atoms with E-state index in [0.29, 0.717) is 18.7 Å². The Balaban J connectivity index is 1.54. The fourth-order valence-electron chi connectivity index (χ4n) is 3.08. The third-order valence-electron chi connectivity index (χ3n) is 4.66. The number of hydrogen-bond acceptors (Lipinski definition) is 5. The van der Waals surface area contributed by atoms with Crippen molar-refractivity contribution in [3.63, 3.8) is 0 Å². The van der Waals surface area contributed by atoms with Gasteiger partial charge in [0.2, 0.25) is 5.91 Å². The average Bonchev–Trinajstić information content (AvgIpc) is 3.03. The molecule has 3 rings (SSSR count). The summed E-state index contributed by atoms with van der Waals surface area (Å²) in [6.45, 7) is 0.442. The molecule has 2 aromatic rings. The lowest BCUT2D eigenvalue weighted by atomic mass is 10.2. The molecule has 0 saturated carbocycles. The van der Waals surface area contributed by atoms with Gasteiger partial charge in [0.1, 0.15) is 5.75 Å². The van der Waals surface area contributed by atoms with Crippen LogP contribution in [-0.2, 0) is 14.6 Å². The van der Waals surface area contributed by atoms with Crippen LogP contribution in [0.4, 0.5) is 5.69 Å². The van der Waals surface area contributed by atoms with Crippen LogP contribution in [0.25, 0.3) is 0 Å². The Morgan fingerprint density at radius 3 is 2.56 bits per heavy atom. The highest BCUT2D eigenvalue weighted by Crippen LogP contribution is 2.29. The number of rotatable bonds is 7. The van der Waals surface area contributed by atoms with E-state index in [1.54, 1.807) is 11.9 Å². The fraction of sp³-hybridized carbons (Fsp3) is 0.350. The summed E-state index contributed by atoms with van der Waals surface area (Å²) in [5, 5.41) is 3.24. The fourth-order valence-corrected chi connectivity index (χ4v) is 4.86. The van der Waals surface area contributed by atoms with Gasteiger partial charge in [-0.25, -0.2) is 8.42 Å². The van der Waals surface area contributed by atoms with Crippen LogP contribution in [0.2, 0.25) is 0 Å². The van der Waals surface area contributed by atoms with E-state index in [1.807, 2.05) is 54.6 Å². The molecule has 1 aliphatic rings. The van der Waals surface area contributed by atoms with Crippen molar-refractivity contribution in [1.29, 1.82) is 0 Å². The van der Waals surface area contributed by atoms with Gasteiger partial charge in [-0.2, -0.15) is 0 Å². The van der Waals surface area contributed by atoms with Crippen LogP contribution in [0.5, 0.6) is 11.5 Å². The maximum Gasteiger partial charge on any atom is 0.224 e. The largest absolute Gasteiger partial charge is 0.455 e. The van der Waals surface area contributed by atoms with Gasteiger partial charge >= 0.3 is 0 Å². The first-order valence-electron chi connectivity index (χ1n) is 8.96. The minimum Gasteiger partial charge on any atom is -0.455 e. The molecule has 144 valence electrons. The topological polar surface area (TPSA) is 75.7 Å². The molecule has 7 heteroatoms. The number of amides is 1. The molecule has 1 fully saturated rings. The number of nitrogens with one attached hydrogen (secondary N) is 1. The van der Waals surface area contributed by atoms with Crippen molar-refractivity contribution in [3.05, 3.63) is 54.6 Å². The molecule has 1 unspecified atom stereocenters. The Labute approximate surface area is 160 Å². The highest BCUT2D eigenvalue weighted by molar-refractivity contribution is 7.91.